The SMILES string of the molecule is CC(C)(C)c1ccc(-c2ccc(-c3c(C#N)ccc4c3oc3c(-c5ccccn5)cccc34)cc2)cc1. The maximum absolute atomic E-state index is 9.97. The number of fused-ring (bicyclic) bond motifs is 3. The fourth-order valence-corrected chi connectivity index (χ4v) is 4.96. The summed E-state index contributed by atoms with van der Waals surface area (Å²) in [4.78, 5) is 4.53. The molecule has 0 spiro atoms. The summed E-state index contributed by atoms with van der Waals surface area (Å²) in [6.07, 6.45) is 1.79. The topological polar surface area (TPSA) is 49.8 Å². The zero-order chi connectivity index (χ0) is 25.6. The number of nitrogens with zero attached hydrogens (tertiary/aromatic N) is 2. The highest BCUT2D eigenvalue weighted by Crippen LogP contribution is 2.41. The van der Waals surface area contributed by atoms with Crippen molar-refractivity contribution in [2.24, 2.45) is 0 Å². The zero-order valence-electron chi connectivity index (χ0n) is 21.1. The Morgan fingerprint density at radius 3 is 2.00 bits per heavy atom. The van der Waals surface area contributed by atoms with Crippen LogP contribution in [0.2, 0.25) is 0 Å². The van der Waals surface area contributed by atoms with Crippen LogP contribution < -0.4 is 0 Å². The van der Waals surface area contributed by atoms with E-state index in [4.69, 9.17) is 4.42 Å². The van der Waals surface area contributed by atoms with Crippen LogP contribution in [-0.4, -0.2) is 4.98 Å². The number of nitriles is 1. The van der Waals surface area contributed by atoms with Crippen LogP contribution in [0.15, 0.2) is 108 Å². The number of para-hydroxylation sites is 1. The average molecular weight is 479 g/mol. The molecule has 0 unspecified atom stereocenters. The maximum atomic E-state index is 9.97. The molecule has 4 aromatic carbocycles. The highest BCUT2D eigenvalue weighted by molar-refractivity contribution is 6.13. The van der Waals surface area contributed by atoms with Gasteiger partial charge in [-0.25, -0.2) is 0 Å². The van der Waals surface area contributed by atoms with E-state index >= 15 is 0 Å². The van der Waals surface area contributed by atoms with Crippen molar-refractivity contribution in [2.45, 2.75) is 26.2 Å². The van der Waals surface area contributed by atoms with Crippen LogP contribution in [-0.2, 0) is 5.41 Å². The summed E-state index contributed by atoms with van der Waals surface area (Å²) < 4.78 is 6.53. The van der Waals surface area contributed by atoms with Crippen molar-refractivity contribution >= 4 is 21.9 Å². The predicted octanol–water partition coefficient (Wildman–Crippen LogP) is 9.15. The largest absolute Gasteiger partial charge is 0.455 e. The summed E-state index contributed by atoms with van der Waals surface area (Å²) in [5, 5.41) is 12.0. The van der Waals surface area contributed by atoms with Crippen LogP contribution in [0.3, 0.4) is 0 Å². The summed E-state index contributed by atoms with van der Waals surface area (Å²) >= 11 is 0. The van der Waals surface area contributed by atoms with Crippen molar-refractivity contribution in [3.63, 3.8) is 0 Å². The van der Waals surface area contributed by atoms with Crippen molar-refractivity contribution in [1.82, 2.24) is 4.98 Å². The summed E-state index contributed by atoms with van der Waals surface area (Å²) in [6, 6.07) is 35.4. The van der Waals surface area contributed by atoms with Crippen LogP contribution >= 0.6 is 0 Å². The van der Waals surface area contributed by atoms with Gasteiger partial charge in [0.15, 0.2) is 0 Å². The van der Waals surface area contributed by atoms with E-state index < -0.39 is 0 Å². The first-order chi connectivity index (χ1) is 17.9. The second-order valence-corrected chi connectivity index (χ2v) is 10.4. The van der Waals surface area contributed by atoms with Crippen molar-refractivity contribution < 1.29 is 4.42 Å². The molecule has 0 saturated heterocycles. The fraction of sp³-hybridized carbons (Fsp3) is 0.118. The number of furan rings is 1. The van der Waals surface area contributed by atoms with E-state index in [-0.39, 0.29) is 5.41 Å². The summed E-state index contributed by atoms with van der Waals surface area (Å²) in [6.45, 7) is 6.67. The first-order valence-corrected chi connectivity index (χ1v) is 12.4. The van der Waals surface area contributed by atoms with E-state index in [1.54, 1.807) is 6.20 Å². The third kappa shape index (κ3) is 3.97. The van der Waals surface area contributed by atoms with Gasteiger partial charge in [-0.3, -0.25) is 4.98 Å². The molecular weight excluding hydrogens is 452 g/mol. The van der Waals surface area contributed by atoms with Gasteiger partial charge in [-0.2, -0.15) is 5.26 Å². The predicted molar refractivity (Wildman–Crippen MR) is 151 cm³/mol. The lowest BCUT2D eigenvalue weighted by Crippen LogP contribution is -2.10. The minimum absolute atomic E-state index is 0.123. The quantitative estimate of drug-likeness (QED) is 0.255. The average Bonchev–Trinajstić information content (AvgIpc) is 3.31. The van der Waals surface area contributed by atoms with Crippen molar-refractivity contribution in [2.75, 3.05) is 0 Å². The lowest BCUT2D eigenvalue weighted by molar-refractivity contribution is 0.590. The van der Waals surface area contributed by atoms with Gasteiger partial charge in [0.05, 0.1) is 17.3 Å². The van der Waals surface area contributed by atoms with Gasteiger partial charge in [0, 0.05) is 28.1 Å². The Hall–Kier alpha value is -4.68. The van der Waals surface area contributed by atoms with Crippen LogP contribution in [0.25, 0.3) is 55.4 Å². The molecular formula is C34H26N2O. The zero-order valence-corrected chi connectivity index (χ0v) is 21.1. The van der Waals surface area contributed by atoms with Crippen LogP contribution in [0.4, 0.5) is 0 Å². The Bertz CT molecular complexity index is 1780. The number of pyridine rings is 1. The van der Waals surface area contributed by atoms with Crippen LogP contribution in [0.1, 0.15) is 31.9 Å². The molecule has 6 rings (SSSR count). The van der Waals surface area contributed by atoms with Gasteiger partial charge in [0.25, 0.3) is 0 Å². The number of rotatable bonds is 3. The summed E-state index contributed by atoms with van der Waals surface area (Å²) in [5.41, 5.74) is 9.40. The Kier molecular flexibility index (Phi) is 5.39. The van der Waals surface area contributed by atoms with Gasteiger partial charge in [-0.05, 0) is 58.0 Å². The molecule has 0 radical (unpaired) electrons. The first kappa shape index (κ1) is 22.8. The molecule has 2 heterocycles. The number of benzene rings is 4. The molecule has 2 aromatic heterocycles. The molecule has 37 heavy (non-hydrogen) atoms. The number of hydrogen-bond acceptors (Lipinski definition) is 3. The van der Waals surface area contributed by atoms with E-state index in [9.17, 15) is 5.26 Å². The smallest absolute Gasteiger partial charge is 0.144 e. The second kappa shape index (κ2) is 8.76. The highest BCUT2D eigenvalue weighted by Gasteiger charge is 2.19. The molecule has 0 fully saturated rings. The second-order valence-electron chi connectivity index (χ2n) is 10.4. The lowest BCUT2D eigenvalue weighted by atomic mass is 9.86. The van der Waals surface area contributed by atoms with Gasteiger partial charge < -0.3 is 4.42 Å². The van der Waals surface area contributed by atoms with Crippen molar-refractivity contribution in [3.8, 4) is 39.6 Å². The maximum Gasteiger partial charge on any atom is 0.144 e. The Labute approximate surface area is 216 Å². The highest BCUT2D eigenvalue weighted by atomic mass is 16.3. The molecule has 0 saturated carbocycles. The van der Waals surface area contributed by atoms with Gasteiger partial charge in [0.1, 0.15) is 11.2 Å². The first-order valence-electron chi connectivity index (χ1n) is 12.4. The molecule has 3 nitrogen and oxygen atoms in total. The monoisotopic (exact) mass is 478 g/mol. The molecule has 0 amide bonds. The molecule has 0 N–H and O–H groups in total. The van der Waals surface area contributed by atoms with Gasteiger partial charge >= 0.3 is 0 Å². The van der Waals surface area contributed by atoms with Gasteiger partial charge in [0.2, 0.25) is 0 Å². The van der Waals surface area contributed by atoms with Gasteiger partial charge in [-0.1, -0.05) is 87.5 Å². The molecule has 6 aromatic rings. The van der Waals surface area contributed by atoms with E-state index in [0.29, 0.717) is 5.56 Å². The normalized spacial score (nSPS) is 11.6. The van der Waals surface area contributed by atoms with Crippen molar-refractivity contribution in [3.05, 3.63) is 114 Å². The van der Waals surface area contributed by atoms with Crippen molar-refractivity contribution in [1.29, 1.82) is 5.26 Å². The molecule has 0 atom stereocenters. The molecule has 0 aliphatic rings. The standard InChI is InChI=1S/C34H26N2O/c1-34(2,3)26-17-14-23(15-18-26)22-10-12-24(13-11-22)31-25(21-35)16-19-28-27-7-6-8-29(32(27)37-33(28)31)30-9-4-5-20-36-30/h4-20H,1-3H3. The molecule has 3 heteroatoms. The Morgan fingerprint density at radius 2 is 1.35 bits per heavy atom. The molecule has 0 bridgehead atoms. The van der Waals surface area contributed by atoms with E-state index in [0.717, 1.165) is 49.9 Å². The van der Waals surface area contributed by atoms with E-state index in [2.05, 4.69) is 86.4 Å². The Balaban J connectivity index is 1.48. The van der Waals surface area contributed by atoms with E-state index in [1.165, 1.54) is 11.1 Å². The number of aromatic nitrogens is 1. The number of hydrogen-bond donors (Lipinski definition) is 0. The molecule has 0 aliphatic heterocycles. The van der Waals surface area contributed by atoms with E-state index in [1.807, 2.05) is 42.5 Å². The third-order valence-electron chi connectivity index (χ3n) is 6.99. The lowest BCUT2D eigenvalue weighted by Gasteiger charge is -2.19. The third-order valence-corrected chi connectivity index (χ3v) is 6.99. The van der Waals surface area contributed by atoms with Crippen LogP contribution in [0, 0.1) is 11.3 Å². The summed E-state index contributed by atoms with van der Waals surface area (Å²) in [7, 11) is 0. The molecule has 0 aliphatic carbocycles. The minimum atomic E-state index is 0.123. The Morgan fingerprint density at radius 1 is 0.676 bits per heavy atom. The molecule has 178 valence electrons. The van der Waals surface area contributed by atoms with Gasteiger partial charge in [-0.15, -0.1) is 0 Å². The summed E-state index contributed by atoms with van der Waals surface area (Å²) in [5.74, 6) is 0. The fourth-order valence-electron chi connectivity index (χ4n) is 4.96. The minimum Gasteiger partial charge on any atom is -0.455 e. The van der Waals surface area contributed by atoms with Crippen LogP contribution in [0.5, 0.6) is 0 Å².